The minimum atomic E-state index is 0.716. The van der Waals surface area contributed by atoms with E-state index in [4.69, 9.17) is 16.6 Å². The maximum Gasteiger partial charge on any atom is 0.190 e. The predicted octanol–water partition coefficient (Wildman–Crippen LogP) is 5.32. The van der Waals surface area contributed by atoms with Gasteiger partial charge in [0.15, 0.2) is 4.80 Å². The molecule has 1 heterocycles. The number of rotatable bonds is 3. The highest BCUT2D eigenvalue weighted by atomic mass is 35.5. The summed E-state index contributed by atoms with van der Waals surface area (Å²) in [6.45, 7) is 3.27. The summed E-state index contributed by atoms with van der Waals surface area (Å²) in [6, 6.07) is 7.79. The third-order valence-electron chi connectivity index (χ3n) is 4.23. The van der Waals surface area contributed by atoms with Gasteiger partial charge in [0.2, 0.25) is 0 Å². The van der Waals surface area contributed by atoms with Crippen molar-refractivity contribution in [3.63, 3.8) is 0 Å². The van der Waals surface area contributed by atoms with Gasteiger partial charge in [-0.3, -0.25) is 0 Å². The molecule has 0 N–H and O–H groups in total. The summed E-state index contributed by atoms with van der Waals surface area (Å²) >= 11 is 7.93. The molecule has 3 rings (SSSR count). The van der Waals surface area contributed by atoms with E-state index < -0.39 is 0 Å². The second-order valence-electron chi connectivity index (χ2n) is 5.84. The van der Waals surface area contributed by atoms with Crippen LogP contribution in [0.15, 0.2) is 34.6 Å². The lowest BCUT2D eigenvalue weighted by atomic mass is 9.89. The molecule has 4 heteroatoms. The van der Waals surface area contributed by atoms with E-state index in [0.717, 1.165) is 23.0 Å². The molecule has 0 aliphatic heterocycles. The number of nitrogens with zero attached hydrogens (tertiary/aromatic N) is 2. The van der Waals surface area contributed by atoms with E-state index >= 15 is 0 Å². The Hall–Kier alpha value is -1.06. The first-order valence-corrected chi connectivity index (χ1v) is 8.94. The Morgan fingerprint density at radius 3 is 2.76 bits per heavy atom. The van der Waals surface area contributed by atoms with Gasteiger partial charge in [-0.25, -0.2) is 4.99 Å². The average molecular weight is 321 g/mol. The number of aromatic nitrogens is 1. The maximum atomic E-state index is 6.23. The predicted molar refractivity (Wildman–Crippen MR) is 90.3 cm³/mol. The molecule has 0 amide bonds. The third kappa shape index (κ3) is 3.58. The fourth-order valence-corrected chi connectivity index (χ4v) is 4.08. The summed E-state index contributed by atoms with van der Waals surface area (Å²) in [7, 11) is 0. The smallest absolute Gasteiger partial charge is 0.190 e. The van der Waals surface area contributed by atoms with E-state index in [1.807, 2.05) is 24.3 Å². The quantitative estimate of drug-likeness (QED) is 0.728. The topological polar surface area (TPSA) is 17.3 Å². The first-order valence-electron chi connectivity index (χ1n) is 7.68. The Morgan fingerprint density at radius 1 is 1.24 bits per heavy atom. The molecule has 0 bridgehead atoms. The minimum Gasteiger partial charge on any atom is -0.321 e. The van der Waals surface area contributed by atoms with Crippen molar-refractivity contribution in [2.24, 2.45) is 10.9 Å². The molecule has 0 atom stereocenters. The molecule has 1 aliphatic carbocycles. The zero-order chi connectivity index (χ0) is 14.7. The molecule has 0 unspecified atom stereocenters. The Labute approximate surface area is 135 Å². The second kappa shape index (κ2) is 6.80. The summed E-state index contributed by atoms with van der Waals surface area (Å²) < 4.78 is 2.37. The fourth-order valence-electron chi connectivity index (χ4n) is 3.00. The summed E-state index contributed by atoms with van der Waals surface area (Å²) in [4.78, 5) is 5.84. The second-order valence-corrected chi connectivity index (χ2v) is 7.08. The van der Waals surface area contributed by atoms with Gasteiger partial charge in [-0.15, -0.1) is 11.3 Å². The molecule has 1 aliphatic rings. The van der Waals surface area contributed by atoms with Crippen LogP contribution in [0.25, 0.3) is 0 Å². The Kier molecular flexibility index (Phi) is 4.81. The summed E-state index contributed by atoms with van der Waals surface area (Å²) in [5.41, 5.74) is 2.16. The number of hydrogen-bond acceptors (Lipinski definition) is 2. The summed E-state index contributed by atoms with van der Waals surface area (Å²) in [5, 5.41) is 2.91. The number of aryl methyl sites for hydroxylation is 1. The van der Waals surface area contributed by atoms with E-state index in [0.29, 0.717) is 5.02 Å². The highest BCUT2D eigenvalue weighted by Gasteiger charge is 2.15. The Balaban J connectivity index is 1.91. The van der Waals surface area contributed by atoms with Crippen molar-refractivity contribution in [2.75, 3.05) is 0 Å². The van der Waals surface area contributed by atoms with E-state index in [9.17, 15) is 0 Å². The monoisotopic (exact) mass is 320 g/mol. The largest absolute Gasteiger partial charge is 0.321 e. The Bertz CT molecular complexity index is 665. The molecule has 2 aromatic rings. The molecule has 0 radical (unpaired) electrons. The highest BCUT2D eigenvalue weighted by molar-refractivity contribution is 7.07. The van der Waals surface area contributed by atoms with Crippen molar-refractivity contribution in [1.29, 1.82) is 0 Å². The van der Waals surface area contributed by atoms with Crippen LogP contribution in [-0.4, -0.2) is 4.57 Å². The van der Waals surface area contributed by atoms with Gasteiger partial charge in [-0.1, -0.05) is 43.0 Å². The standard InChI is InChI=1S/C17H21ClN2S/c1-13-12-21-17(19-16-10-6-5-9-15(16)18)20(13)11-14-7-3-2-4-8-14/h5-6,9-10,12,14H,2-4,7-8,11H2,1H3. The van der Waals surface area contributed by atoms with Gasteiger partial charge in [0, 0.05) is 17.6 Å². The van der Waals surface area contributed by atoms with Gasteiger partial charge >= 0.3 is 0 Å². The van der Waals surface area contributed by atoms with Gasteiger partial charge in [0.05, 0.1) is 10.7 Å². The van der Waals surface area contributed by atoms with Crippen LogP contribution in [0, 0.1) is 12.8 Å². The fraction of sp³-hybridized carbons (Fsp3) is 0.471. The van der Waals surface area contributed by atoms with E-state index in [2.05, 4.69) is 16.9 Å². The van der Waals surface area contributed by atoms with Crippen LogP contribution in [0.1, 0.15) is 37.8 Å². The lowest BCUT2D eigenvalue weighted by Gasteiger charge is -2.22. The SMILES string of the molecule is Cc1csc(=Nc2ccccc2Cl)n1CC1CCCCC1. The lowest BCUT2D eigenvalue weighted by Crippen LogP contribution is -2.22. The first-order chi connectivity index (χ1) is 10.2. The normalized spacial score (nSPS) is 17.3. The molecule has 1 fully saturated rings. The van der Waals surface area contributed by atoms with Crippen LogP contribution < -0.4 is 4.80 Å². The third-order valence-corrected chi connectivity index (χ3v) is 5.53. The summed E-state index contributed by atoms with van der Waals surface area (Å²) in [5.74, 6) is 0.803. The molecule has 0 spiro atoms. The molecular weight excluding hydrogens is 300 g/mol. The number of thiazole rings is 1. The van der Waals surface area contributed by atoms with Crippen molar-refractivity contribution in [3.05, 3.63) is 45.2 Å². The summed E-state index contributed by atoms with van der Waals surface area (Å²) in [6.07, 6.45) is 6.87. The molecule has 2 nitrogen and oxygen atoms in total. The van der Waals surface area contributed by atoms with E-state index in [1.165, 1.54) is 37.8 Å². The van der Waals surface area contributed by atoms with E-state index in [-0.39, 0.29) is 0 Å². The molecule has 1 saturated carbocycles. The molecule has 1 aromatic heterocycles. The van der Waals surface area contributed by atoms with Crippen LogP contribution in [0.4, 0.5) is 5.69 Å². The first kappa shape index (κ1) is 14.9. The van der Waals surface area contributed by atoms with Crippen molar-refractivity contribution in [3.8, 4) is 0 Å². The van der Waals surface area contributed by atoms with Crippen LogP contribution >= 0.6 is 22.9 Å². The number of para-hydroxylation sites is 1. The molecule has 0 saturated heterocycles. The van der Waals surface area contributed by atoms with Crippen molar-refractivity contribution in [1.82, 2.24) is 4.57 Å². The molecule has 21 heavy (non-hydrogen) atoms. The van der Waals surface area contributed by atoms with Crippen LogP contribution in [-0.2, 0) is 6.54 Å². The van der Waals surface area contributed by atoms with Gasteiger partial charge in [-0.2, -0.15) is 0 Å². The van der Waals surface area contributed by atoms with Crippen LogP contribution in [0.3, 0.4) is 0 Å². The number of hydrogen-bond donors (Lipinski definition) is 0. The highest BCUT2D eigenvalue weighted by Crippen LogP contribution is 2.26. The Morgan fingerprint density at radius 2 is 2.00 bits per heavy atom. The zero-order valence-corrected chi connectivity index (χ0v) is 14.0. The lowest BCUT2D eigenvalue weighted by molar-refractivity contribution is 0.315. The molecule has 112 valence electrons. The van der Waals surface area contributed by atoms with Crippen molar-refractivity contribution in [2.45, 2.75) is 45.6 Å². The number of halogens is 1. The van der Waals surface area contributed by atoms with Gasteiger partial charge < -0.3 is 4.57 Å². The van der Waals surface area contributed by atoms with Gasteiger partial charge in [0.1, 0.15) is 0 Å². The van der Waals surface area contributed by atoms with Crippen LogP contribution in [0.5, 0.6) is 0 Å². The average Bonchev–Trinajstić information content (AvgIpc) is 2.84. The van der Waals surface area contributed by atoms with Crippen molar-refractivity contribution >= 4 is 28.6 Å². The van der Waals surface area contributed by atoms with Crippen LogP contribution in [0.2, 0.25) is 5.02 Å². The maximum absolute atomic E-state index is 6.23. The molecule has 1 aromatic carbocycles. The van der Waals surface area contributed by atoms with E-state index in [1.54, 1.807) is 11.3 Å². The molecular formula is C17H21ClN2S. The minimum absolute atomic E-state index is 0.716. The number of benzene rings is 1. The van der Waals surface area contributed by atoms with Gasteiger partial charge in [0.25, 0.3) is 0 Å². The van der Waals surface area contributed by atoms with Gasteiger partial charge in [-0.05, 0) is 37.8 Å². The zero-order valence-electron chi connectivity index (χ0n) is 12.4. The van der Waals surface area contributed by atoms with Crippen molar-refractivity contribution < 1.29 is 0 Å².